The molecule has 0 aromatic heterocycles. The van der Waals surface area contributed by atoms with Gasteiger partial charge in [0.15, 0.2) is 5.75 Å². The van der Waals surface area contributed by atoms with Crippen LogP contribution in [-0.2, 0) is 10.0 Å². The maximum absolute atomic E-state index is 12.1. The van der Waals surface area contributed by atoms with Crippen LogP contribution < -0.4 is 15.2 Å². The fraction of sp³-hybridized carbons (Fsp3) is 0.417. The third-order valence-corrected chi connectivity index (χ3v) is 3.90. The van der Waals surface area contributed by atoms with E-state index in [0.29, 0.717) is 0 Å². The molecule has 0 aliphatic rings. The van der Waals surface area contributed by atoms with E-state index in [-0.39, 0.29) is 27.3 Å². The maximum Gasteiger partial charge on any atom is 0.255 e. The number of halogens is 1. The molecule has 0 saturated carbocycles. The van der Waals surface area contributed by atoms with E-state index in [1.165, 1.54) is 13.2 Å². The van der Waals surface area contributed by atoms with Crippen LogP contribution in [-0.4, -0.2) is 27.5 Å². The molecule has 20 heavy (non-hydrogen) atoms. The fourth-order valence-electron chi connectivity index (χ4n) is 1.56. The lowest BCUT2D eigenvalue weighted by Gasteiger charge is -2.15. The highest BCUT2D eigenvalue weighted by atomic mass is 35.5. The van der Waals surface area contributed by atoms with Gasteiger partial charge in [-0.2, -0.15) is 0 Å². The van der Waals surface area contributed by atoms with Crippen molar-refractivity contribution in [3.05, 3.63) is 22.7 Å². The number of ether oxygens (including phenoxy) is 1. The number of nitrogens with one attached hydrogen (secondary N) is 1. The quantitative estimate of drug-likeness (QED) is 0.859. The SMILES string of the molecule is CCC(C)NC(=O)c1cc(Cl)cc(S(N)(=O)=O)c1OC. The Kier molecular flexibility index (Phi) is 5.38. The zero-order valence-electron chi connectivity index (χ0n) is 11.4. The molecule has 0 fully saturated rings. The highest BCUT2D eigenvalue weighted by molar-refractivity contribution is 7.89. The molecule has 0 radical (unpaired) electrons. The van der Waals surface area contributed by atoms with Gasteiger partial charge in [0, 0.05) is 11.1 Å². The summed E-state index contributed by atoms with van der Waals surface area (Å²) in [6, 6.07) is 2.42. The van der Waals surface area contributed by atoms with Crippen LogP contribution in [0.3, 0.4) is 0 Å². The summed E-state index contributed by atoms with van der Waals surface area (Å²) in [5.41, 5.74) is 0.0318. The molecule has 0 saturated heterocycles. The highest BCUT2D eigenvalue weighted by Crippen LogP contribution is 2.31. The van der Waals surface area contributed by atoms with E-state index in [4.69, 9.17) is 21.5 Å². The summed E-state index contributed by atoms with van der Waals surface area (Å²) < 4.78 is 28.1. The van der Waals surface area contributed by atoms with Crippen LogP contribution in [0.4, 0.5) is 0 Å². The smallest absolute Gasteiger partial charge is 0.255 e. The zero-order valence-corrected chi connectivity index (χ0v) is 13.0. The Hall–Kier alpha value is -1.31. The summed E-state index contributed by atoms with van der Waals surface area (Å²) in [4.78, 5) is 11.8. The number of carbonyl (C=O) groups excluding carboxylic acids is 1. The first kappa shape index (κ1) is 16.7. The third-order valence-electron chi connectivity index (χ3n) is 2.76. The molecule has 1 aromatic rings. The van der Waals surface area contributed by atoms with Gasteiger partial charge in [-0.1, -0.05) is 18.5 Å². The number of hydrogen-bond donors (Lipinski definition) is 2. The fourth-order valence-corrected chi connectivity index (χ4v) is 2.59. The Balaban J connectivity index is 3.40. The standard InChI is InChI=1S/C12H17ClN2O4S/c1-4-7(2)15-12(16)9-5-8(13)6-10(11(9)19-3)20(14,17)18/h5-7H,4H2,1-3H3,(H,15,16)(H2,14,17,18). The first-order valence-electron chi connectivity index (χ1n) is 5.91. The molecule has 1 amide bonds. The van der Waals surface area contributed by atoms with Crippen molar-refractivity contribution < 1.29 is 17.9 Å². The molecule has 1 atom stereocenters. The van der Waals surface area contributed by atoms with E-state index in [2.05, 4.69) is 5.32 Å². The van der Waals surface area contributed by atoms with Crippen LogP contribution >= 0.6 is 11.6 Å². The average molecular weight is 321 g/mol. The molecule has 3 N–H and O–H groups in total. The number of hydrogen-bond acceptors (Lipinski definition) is 4. The molecule has 0 aliphatic heterocycles. The second-order valence-corrected chi connectivity index (χ2v) is 6.28. The second kappa shape index (κ2) is 6.43. The van der Waals surface area contributed by atoms with Gasteiger partial charge < -0.3 is 10.1 Å². The van der Waals surface area contributed by atoms with Crippen molar-refractivity contribution in [3.63, 3.8) is 0 Å². The topological polar surface area (TPSA) is 98.5 Å². The molecule has 8 heteroatoms. The molecule has 0 bridgehead atoms. The van der Waals surface area contributed by atoms with Gasteiger partial charge in [0.25, 0.3) is 5.91 Å². The first-order chi connectivity index (χ1) is 9.20. The van der Waals surface area contributed by atoms with Crippen LogP contribution in [0.2, 0.25) is 5.02 Å². The molecular formula is C12H17ClN2O4S. The maximum atomic E-state index is 12.1. The minimum absolute atomic E-state index is 0.0318. The number of primary sulfonamides is 1. The van der Waals surface area contributed by atoms with Crippen molar-refractivity contribution in [1.82, 2.24) is 5.32 Å². The van der Waals surface area contributed by atoms with Crippen molar-refractivity contribution >= 4 is 27.5 Å². The lowest BCUT2D eigenvalue weighted by molar-refractivity contribution is 0.0936. The number of methoxy groups -OCH3 is 1. The van der Waals surface area contributed by atoms with Gasteiger partial charge in [0.1, 0.15) is 4.90 Å². The van der Waals surface area contributed by atoms with Gasteiger partial charge in [-0.05, 0) is 25.5 Å². The molecule has 1 aromatic carbocycles. The normalized spacial score (nSPS) is 12.8. The molecule has 0 heterocycles. The summed E-state index contributed by atoms with van der Waals surface area (Å²) in [5, 5.41) is 7.90. The van der Waals surface area contributed by atoms with Gasteiger partial charge in [-0.15, -0.1) is 0 Å². The van der Waals surface area contributed by atoms with Crippen molar-refractivity contribution in [1.29, 1.82) is 0 Å². The summed E-state index contributed by atoms with van der Waals surface area (Å²) in [6.45, 7) is 3.74. The molecule has 112 valence electrons. The van der Waals surface area contributed by atoms with Crippen molar-refractivity contribution in [3.8, 4) is 5.75 Å². The lowest BCUT2D eigenvalue weighted by atomic mass is 10.1. The Morgan fingerprint density at radius 1 is 1.50 bits per heavy atom. The van der Waals surface area contributed by atoms with Crippen molar-refractivity contribution in [2.75, 3.05) is 7.11 Å². The van der Waals surface area contributed by atoms with E-state index in [9.17, 15) is 13.2 Å². The number of amides is 1. The van der Waals surface area contributed by atoms with Gasteiger partial charge >= 0.3 is 0 Å². The summed E-state index contributed by atoms with van der Waals surface area (Å²) in [5.74, 6) is -0.582. The molecule has 1 rings (SSSR count). The molecular weight excluding hydrogens is 304 g/mol. The first-order valence-corrected chi connectivity index (χ1v) is 7.84. The minimum Gasteiger partial charge on any atom is -0.494 e. The molecule has 6 nitrogen and oxygen atoms in total. The number of sulfonamides is 1. The molecule has 1 unspecified atom stereocenters. The van der Waals surface area contributed by atoms with E-state index in [1.54, 1.807) is 0 Å². The number of rotatable bonds is 5. The van der Waals surface area contributed by atoms with Crippen LogP contribution in [0.5, 0.6) is 5.75 Å². The van der Waals surface area contributed by atoms with Crippen molar-refractivity contribution in [2.24, 2.45) is 5.14 Å². The number of benzene rings is 1. The summed E-state index contributed by atoms with van der Waals surface area (Å²) >= 11 is 5.84. The lowest BCUT2D eigenvalue weighted by Crippen LogP contribution is -2.32. The largest absolute Gasteiger partial charge is 0.494 e. The Labute approximate surface area is 123 Å². The van der Waals surface area contributed by atoms with Crippen molar-refractivity contribution in [2.45, 2.75) is 31.2 Å². The Bertz CT molecular complexity index is 616. The second-order valence-electron chi connectivity index (χ2n) is 4.31. The summed E-state index contributed by atoms with van der Waals surface area (Å²) in [6.07, 6.45) is 0.733. The van der Waals surface area contributed by atoms with E-state index < -0.39 is 15.9 Å². The van der Waals surface area contributed by atoms with Crippen LogP contribution in [0.25, 0.3) is 0 Å². The van der Waals surface area contributed by atoms with Gasteiger partial charge in [0.2, 0.25) is 10.0 Å². The van der Waals surface area contributed by atoms with E-state index in [1.807, 2.05) is 13.8 Å². The van der Waals surface area contributed by atoms with Gasteiger partial charge in [-0.3, -0.25) is 4.79 Å². The van der Waals surface area contributed by atoms with E-state index >= 15 is 0 Å². The van der Waals surface area contributed by atoms with Crippen LogP contribution in [0.15, 0.2) is 17.0 Å². The van der Waals surface area contributed by atoms with Gasteiger partial charge in [-0.25, -0.2) is 13.6 Å². The predicted molar refractivity (Wildman–Crippen MR) is 76.6 cm³/mol. The highest BCUT2D eigenvalue weighted by Gasteiger charge is 2.23. The summed E-state index contributed by atoms with van der Waals surface area (Å²) in [7, 11) is -2.79. The monoisotopic (exact) mass is 320 g/mol. The van der Waals surface area contributed by atoms with Crippen LogP contribution in [0.1, 0.15) is 30.6 Å². The molecule has 0 spiro atoms. The van der Waals surface area contributed by atoms with E-state index in [0.717, 1.165) is 12.5 Å². The Morgan fingerprint density at radius 2 is 2.10 bits per heavy atom. The third kappa shape index (κ3) is 3.84. The number of carbonyl (C=O) groups is 1. The predicted octanol–water partition coefficient (Wildman–Crippen LogP) is 1.52. The molecule has 0 aliphatic carbocycles. The zero-order chi connectivity index (χ0) is 15.5. The van der Waals surface area contributed by atoms with Crippen LogP contribution in [0, 0.1) is 0 Å². The average Bonchev–Trinajstić information content (AvgIpc) is 2.36. The number of nitrogens with two attached hydrogens (primary N) is 1. The minimum atomic E-state index is -4.05. The Morgan fingerprint density at radius 3 is 2.55 bits per heavy atom. The van der Waals surface area contributed by atoms with Gasteiger partial charge in [0.05, 0.1) is 12.7 Å².